The Bertz CT molecular complexity index is 418. The van der Waals surface area contributed by atoms with Gasteiger partial charge in [0.05, 0.1) is 12.2 Å². The predicted octanol–water partition coefficient (Wildman–Crippen LogP) is 3.14. The van der Waals surface area contributed by atoms with Crippen molar-refractivity contribution in [1.82, 2.24) is 0 Å². The van der Waals surface area contributed by atoms with Crippen molar-refractivity contribution < 1.29 is 10.2 Å². The molecule has 0 radical (unpaired) electrons. The fraction of sp³-hybridized carbons (Fsp3) is 0.889. The topological polar surface area (TPSA) is 40.5 Å². The second kappa shape index (κ2) is 4.58. The van der Waals surface area contributed by atoms with Crippen molar-refractivity contribution in [2.24, 2.45) is 35.0 Å². The van der Waals surface area contributed by atoms with Crippen LogP contribution in [0.15, 0.2) is 12.2 Å². The van der Waals surface area contributed by atoms with Crippen LogP contribution in [0.3, 0.4) is 0 Å². The van der Waals surface area contributed by atoms with Gasteiger partial charge in [0.2, 0.25) is 0 Å². The van der Waals surface area contributed by atoms with Crippen LogP contribution >= 0.6 is 0 Å². The van der Waals surface area contributed by atoms with Crippen LogP contribution in [0.25, 0.3) is 0 Å². The molecule has 0 spiro atoms. The van der Waals surface area contributed by atoms with Crippen molar-refractivity contribution in [1.29, 1.82) is 0 Å². The van der Waals surface area contributed by atoms with Crippen LogP contribution in [0.1, 0.15) is 51.9 Å². The van der Waals surface area contributed by atoms with Gasteiger partial charge in [0.1, 0.15) is 0 Å². The van der Waals surface area contributed by atoms with Gasteiger partial charge in [-0.15, -0.1) is 0 Å². The van der Waals surface area contributed by atoms with E-state index in [1.165, 1.54) is 32.1 Å². The first-order valence-electron chi connectivity index (χ1n) is 8.64. The lowest BCUT2D eigenvalue weighted by molar-refractivity contribution is -0.0703. The van der Waals surface area contributed by atoms with Gasteiger partial charge in [0, 0.05) is 0 Å². The maximum atomic E-state index is 10.4. The maximum absolute atomic E-state index is 10.4. The summed E-state index contributed by atoms with van der Waals surface area (Å²) in [6.07, 6.45) is 12.5. The molecule has 0 aromatic carbocycles. The van der Waals surface area contributed by atoms with E-state index in [0.717, 1.165) is 30.6 Å². The van der Waals surface area contributed by atoms with Crippen LogP contribution in [-0.2, 0) is 0 Å². The highest BCUT2D eigenvalue weighted by atomic mass is 16.3. The Balaban J connectivity index is 1.61. The molecule has 1 unspecified atom stereocenters. The highest BCUT2D eigenvalue weighted by molar-refractivity contribution is 5.11. The van der Waals surface area contributed by atoms with E-state index in [9.17, 15) is 10.2 Å². The lowest BCUT2D eigenvalue weighted by Gasteiger charge is -2.54. The molecule has 0 amide bonds. The summed E-state index contributed by atoms with van der Waals surface area (Å²) in [5, 5.41) is 20.2. The highest BCUT2D eigenvalue weighted by Gasteiger charge is 2.56. The molecule has 2 heteroatoms. The average molecular weight is 276 g/mol. The SMILES string of the molecule is C[C@]12CC[C@H]3[C@@H](CCC4C[C@H](O)C=C[C@@H]43)[C@@H]1CC[C@@H]2O. The maximum Gasteiger partial charge on any atom is 0.0723 e. The molecule has 4 rings (SSSR count). The Kier molecular flexibility index (Phi) is 3.05. The van der Waals surface area contributed by atoms with Crippen molar-refractivity contribution in [3.8, 4) is 0 Å². The van der Waals surface area contributed by atoms with Crippen molar-refractivity contribution in [2.75, 3.05) is 0 Å². The second-order valence-corrected chi connectivity index (χ2v) is 8.17. The molecule has 0 bridgehead atoms. The van der Waals surface area contributed by atoms with Gasteiger partial charge in [-0.1, -0.05) is 19.1 Å². The lowest BCUT2D eigenvalue weighted by atomic mass is 9.51. The van der Waals surface area contributed by atoms with Crippen molar-refractivity contribution in [3.05, 3.63) is 12.2 Å². The summed E-state index contributed by atoms with van der Waals surface area (Å²) < 4.78 is 0. The number of hydrogen-bond acceptors (Lipinski definition) is 2. The van der Waals surface area contributed by atoms with Crippen LogP contribution < -0.4 is 0 Å². The normalized spacial score (nSPS) is 57.9. The van der Waals surface area contributed by atoms with E-state index in [1.807, 2.05) is 6.08 Å². The lowest BCUT2D eigenvalue weighted by Crippen LogP contribution is -2.48. The largest absolute Gasteiger partial charge is 0.393 e. The molecule has 0 saturated heterocycles. The molecule has 20 heavy (non-hydrogen) atoms. The molecular formula is C18H28O2. The van der Waals surface area contributed by atoms with Crippen LogP contribution in [0.2, 0.25) is 0 Å². The minimum atomic E-state index is -0.199. The molecule has 0 heterocycles. The van der Waals surface area contributed by atoms with Crippen molar-refractivity contribution >= 4 is 0 Å². The third-order valence-electron chi connectivity index (χ3n) is 7.45. The van der Waals surface area contributed by atoms with Gasteiger partial charge < -0.3 is 10.2 Å². The quantitative estimate of drug-likeness (QED) is 0.667. The predicted molar refractivity (Wildman–Crippen MR) is 79.0 cm³/mol. The van der Waals surface area contributed by atoms with Crippen LogP contribution in [0.5, 0.6) is 0 Å². The molecule has 3 fully saturated rings. The molecule has 4 aliphatic carbocycles. The number of rotatable bonds is 0. The molecule has 0 aromatic heterocycles. The zero-order valence-corrected chi connectivity index (χ0v) is 12.5. The summed E-state index contributed by atoms with van der Waals surface area (Å²) in [6, 6.07) is 0. The number of allylic oxidation sites excluding steroid dienone is 1. The van der Waals surface area contributed by atoms with Gasteiger partial charge in [-0.25, -0.2) is 0 Å². The van der Waals surface area contributed by atoms with E-state index in [-0.39, 0.29) is 17.6 Å². The first kappa shape index (κ1) is 13.3. The van der Waals surface area contributed by atoms with E-state index < -0.39 is 0 Å². The molecule has 3 saturated carbocycles. The molecule has 8 atom stereocenters. The summed E-state index contributed by atoms with van der Waals surface area (Å²) in [6.45, 7) is 2.35. The highest BCUT2D eigenvalue weighted by Crippen LogP contribution is 2.61. The van der Waals surface area contributed by atoms with Gasteiger partial charge in [0.15, 0.2) is 0 Å². The average Bonchev–Trinajstić information content (AvgIpc) is 2.74. The zero-order chi connectivity index (χ0) is 13.9. The van der Waals surface area contributed by atoms with Gasteiger partial charge in [0.25, 0.3) is 0 Å². The fourth-order valence-electron chi connectivity index (χ4n) is 6.35. The van der Waals surface area contributed by atoms with Crippen molar-refractivity contribution in [3.63, 3.8) is 0 Å². The third-order valence-corrected chi connectivity index (χ3v) is 7.45. The second-order valence-electron chi connectivity index (χ2n) is 8.17. The van der Waals surface area contributed by atoms with Gasteiger partial charge in [-0.2, -0.15) is 0 Å². The summed E-state index contributed by atoms with van der Waals surface area (Å²) in [5.74, 6) is 3.82. The molecule has 2 nitrogen and oxygen atoms in total. The molecule has 0 aromatic rings. The molecular weight excluding hydrogens is 248 g/mol. The van der Waals surface area contributed by atoms with Crippen molar-refractivity contribution in [2.45, 2.75) is 64.1 Å². The minimum absolute atomic E-state index is 0.0603. The minimum Gasteiger partial charge on any atom is -0.393 e. The van der Waals surface area contributed by atoms with E-state index in [2.05, 4.69) is 13.0 Å². The molecule has 0 aliphatic heterocycles. The molecule has 4 aliphatic rings. The summed E-state index contributed by atoms with van der Waals surface area (Å²) in [7, 11) is 0. The van der Waals surface area contributed by atoms with E-state index in [4.69, 9.17) is 0 Å². The van der Waals surface area contributed by atoms with Gasteiger partial charge in [-0.05, 0) is 80.0 Å². The Hall–Kier alpha value is -0.340. The fourth-order valence-corrected chi connectivity index (χ4v) is 6.35. The molecule has 112 valence electrons. The summed E-state index contributed by atoms with van der Waals surface area (Å²) in [4.78, 5) is 0. The number of fused-ring (bicyclic) bond motifs is 5. The summed E-state index contributed by atoms with van der Waals surface area (Å²) >= 11 is 0. The van der Waals surface area contributed by atoms with E-state index >= 15 is 0 Å². The molecule has 2 N–H and O–H groups in total. The Labute approximate surface area is 122 Å². The standard InChI is InChI=1S/C18H28O2/c1-18-9-8-14-13-5-3-12(19)10-11(13)2-4-15(14)16(18)6-7-17(18)20/h3,5,11-17,19-20H,2,4,6-10H2,1H3/t11?,12-,13+,14-,15-,16+,17+,18+/m1/s1. The van der Waals surface area contributed by atoms with Gasteiger partial charge >= 0.3 is 0 Å². The van der Waals surface area contributed by atoms with Crippen LogP contribution in [-0.4, -0.2) is 22.4 Å². The van der Waals surface area contributed by atoms with E-state index in [0.29, 0.717) is 11.8 Å². The summed E-state index contributed by atoms with van der Waals surface area (Å²) in [5.41, 5.74) is 0.200. The van der Waals surface area contributed by atoms with Crippen LogP contribution in [0.4, 0.5) is 0 Å². The van der Waals surface area contributed by atoms with E-state index in [1.54, 1.807) is 0 Å². The Morgan fingerprint density at radius 2 is 1.80 bits per heavy atom. The first-order valence-corrected chi connectivity index (χ1v) is 8.64. The Morgan fingerprint density at radius 3 is 2.65 bits per heavy atom. The number of aliphatic hydroxyl groups excluding tert-OH is 2. The first-order chi connectivity index (χ1) is 9.59. The number of aliphatic hydroxyl groups is 2. The smallest absolute Gasteiger partial charge is 0.0723 e. The van der Waals surface area contributed by atoms with Gasteiger partial charge in [-0.3, -0.25) is 0 Å². The van der Waals surface area contributed by atoms with Crippen LogP contribution in [0, 0.1) is 35.0 Å². The number of hydrogen-bond donors (Lipinski definition) is 2. The monoisotopic (exact) mass is 276 g/mol. The third kappa shape index (κ3) is 1.77. The Morgan fingerprint density at radius 1 is 0.950 bits per heavy atom. The zero-order valence-electron chi connectivity index (χ0n) is 12.5.